The minimum atomic E-state index is 0.641. The molecule has 17 heavy (non-hydrogen) atoms. The van der Waals surface area contributed by atoms with E-state index in [2.05, 4.69) is 49.2 Å². The molecule has 1 N–H and O–H groups in total. The Kier molecular flexibility index (Phi) is 4.06. The predicted octanol–water partition coefficient (Wildman–Crippen LogP) is 2.88. The molecule has 0 saturated carbocycles. The van der Waals surface area contributed by atoms with Crippen LogP contribution in [0.1, 0.15) is 30.9 Å². The number of aryl methyl sites for hydroxylation is 2. The molecule has 1 unspecified atom stereocenters. The van der Waals surface area contributed by atoms with Gasteiger partial charge in [-0.15, -0.1) is 0 Å². The van der Waals surface area contributed by atoms with Crippen LogP contribution in [0, 0.1) is 13.8 Å². The Balaban J connectivity index is 2.19. The van der Waals surface area contributed by atoms with Crippen LogP contribution in [0.25, 0.3) is 0 Å². The fourth-order valence-corrected chi connectivity index (χ4v) is 2.71. The maximum absolute atomic E-state index is 3.56. The summed E-state index contributed by atoms with van der Waals surface area (Å²) >= 11 is 0. The number of nitrogens with one attached hydrogen (secondary N) is 1. The van der Waals surface area contributed by atoms with E-state index in [1.54, 1.807) is 0 Å². The van der Waals surface area contributed by atoms with Crippen molar-refractivity contribution in [2.75, 3.05) is 24.5 Å². The van der Waals surface area contributed by atoms with E-state index in [1.165, 1.54) is 42.7 Å². The molecule has 0 amide bonds. The first kappa shape index (κ1) is 12.4. The van der Waals surface area contributed by atoms with E-state index in [4.69, 9.17) is 0 Å². The van der Waals surface area contributed by atoms with Crippen molar-refractivity contribution in [2.24, 2.45) is 0 Å². The van der Waals surface area contributed by atoms with Crippen LogP contribution in [-0.2, 0) is 0 Å². The Labute approximate surface area is 105 Å². The second-order valence-electron chi connectivity index (χ2n) is 5.22. The van der Waals surface area contributed by atoms with Crippen LogP contribution in [0.4, 0.5) is 5.69 Å². The standard InChI is InChI=1S/C15H24N2/c1-12-6-4-7-13(2)15(12)17-10-5-9-16-14(3)8-11-17/h4,6-7,14,16H,5,8-11H2,1-3H3. The van der Waals surface area contributed by atoms with Gasteiger partial charge in [-0.05, 0) is 51.3 Å². The summed E-state index contributed by atoms with van der Waals surface area (Å²) in [6, 6.07) is 7.25. The zero-order valence-corrected chi connectivity index (χ0v) is 11.3. The molecule has 2 heteroatoms. The van der Waals surface area contributed by atoms with E-state index >= 15 is 0 Å². The molecule has 2 rings (SSSR count). The van der Waals surface area contributed by atoms with Gasteiger partial charge in [-0.2, -0.15) is 0 Å². The van der Waals surface area contributed by atoms with Gasteiger partial charge in [-0.25, -0.2) is 0 Å². The van der Waals surface area contributed by atoms with E-state index in [0.29, 0.717) is 6.04 Å². The Hall–Kier alpha value is -1.02. The summed E-state index contributed by atoms with van der Waals surface area (Å²) in [4.78, 5) is 2.57. The van der Waals surface area contributed by atoms with E-state index in [0.717, 1.165) is 6.54 Å². The number of hydrogen-bond acceptors (Lipinski definition) is 2. The van der Waals surface area contributed by atoms with Crippen molar-refractivity contribution >= 4 is 5.69 Å². The van der Waals surface area contributed by atoms with Gasteiger partial charge in [0.15, 0.2) is 0 Å². The second-order valence-corrected chi connectivity index (χ2v) is 5.22. The summed E-state index contributed by atoms with van der Waals surface area (Å²) in [5, 5.41) is 3.56. The third-order valence-corrected chi connectivity index (χ3v) is 3.69. The quantitative estimate of drug-likeness (QED) is 0.801. The molecule has 1 aromatic carbocycles. The normalized spacial score (nSPS) is 22.1. The third-order valence-electron chi connectivity index (χ3n) is 3.69. The molecular formula is C15H24N2. The van der Waals surface area contributed by atoms with Gasteiger partial charge in [0.25, 0.3) is 0 Å². The molecule has 1 atom stereocenters. The summed E-state index contributed by atoms with van der Waals surface area (Å²) in [5.41, 5.74) is 4.28. The number of nitrogens with zero attached hydrogens (tertiary/aromatic N) is 1. The summed E-state index contributed by atoms with van der Waals surface area (Å²) in [6.07, 6.45) is 2.46. The lowest BCUT2D eigenvalue weighted by Crippen LogP contribution is -2.39. The Morgan fingerprint density at radius 3 is 2.59 bits per heavy atom. The molecule has 1 aliphatic rings. The van der Waals surface area contributed by atoms with Crippen molar-refractivity contribution in [2.45, 2.75) is 39.7 Å². The minimum Gasteiger partial charge on any atom is -0.371 e. The van der Waals surface area contributed by atoms with Crippen LogP contribution in [0.2, 0.25) is 0 Å². The van der Waals surface area contributed by atoms with Gasteiger partial charge in [0.05, 0.1) is 0 Å². The SMILES string of the molecule is Cc1cccc(C)c1N1CCCNC(C)CC1. The molecule has 0 aliphatic carbocycles. The second kappa shape index (κ2) is 5.54. The van der Waals surface area contributed by atoms with Crippen molar-refractivity contribution in [3.05, 3.63) is 29.3 Å². The monoisotopic (exact) mass is 232 g/mol. The van der Waals surface area contributed by atoms with E-state index < -0.39 is 0 Å². The molecule has 0 spiro atoms. The highest BCUT2D eigenvalue weighted by molar-refractivity contribution is 5.58. The first-order valence-electron chi connectivity index (χ1n) is 6.73. The summed E-state index contributed by atoms with van der Waals surface area (Å²) in [5.74, 6) is 0. The van der Waals surface area contributed by atoms with E-state index in [1.807, 2.05) is 0 Å². The highest BCUT2D eigenvalue weighted by atomic mass is 15.1. The van der Waals surface area contributed by atoms with Crippen molar-refractivity contribution in [3.8, 4) is 0 Å². The largest absolute Gasteiger partial charge is 0.371 e. The predicted molar refractivity (Wildman–Crippen MR) is 74.8 cm³/mol. The summed E-state index contributed by atoms with van der Waals surface area (Å²) in [6.45, 7) is 10.2. The molecule has 1 fully saturated rings. The maximum Gasteiger partial charge on any atom is 0.0425 e. The molecule has 1 heterocycles. The van der Waals surface area contributed by atoms with Crippen LogP contribution in [0.15, 0.2) is 18.2 Å². The molecular weight excluding hydrogens is 208 g/mol. The van der Waals surface area contributed by atoms with Gasteiger partial charge < -0.3 is 10.2 Å². The highest BCUT2D eigenvalue weighted by Gasteiger charge is 2.15. The molecule has 2 nitrogen and oxygen atoms in total. The fraction of sp³-hybridized carbons (Fsp3) is 0.600. The number of hydrogen-bond donors (Lipinski definition) is 1. The van der Waals surface area contributed by atoms with Gasteiger partial charge in [-0.1, -0.05) is 18.2 Å². The molecule has 94 valence electrons. The fourth-order valence-electron chi connectivity index (χ4n) is 2.71. The first-order valence-corrected chi connectivity index (χ1v) is 6.73. The van der Waals surface area contributed by atoms with E-state index in [9.17, 15) is 0 Å². The third kappa shape index (κ3) is 3.01. The van der Waals surface area contributed by atoms with Crippen molar-refractivity contribution in [1.82, 2.24) is 5.32 Å². The summed E-state index contributed by atoms with van der Waals surface area (Å²) in [7, 11) is 0. The Bertz CT molecular complexity index is 353. The average molecular weight is 232 g/mol. The van der Waals surface area contributed by atoms with Crippen LogP contribution in [-0.4, -0.2) is 25.7 Å². The molecule has 0 bridgehead atoms. The zero-order valence-electron chi connectivity index (χ0n) is 11.3. The Morgan fingerprint density at radius 2 is 1.88 bits per heavy atom. The van der Waals surface area contributed by atoms with Gasteiger partial charge >= 0.3 is 0 Å². The first-order chi connectivity index (χ1) is 8.18. The summed E-state index contributed by atoms with van der Waals surface area (Å²) < 4.78 is 0. The van der Waals surface area contributed by atoms with Crippen LogP contribution in [0.3, 0.4) is 0 Å². The highest BCUT2D eigenvalue weighted by Crippen LogP contribution is 2.25. The topological polar surface area (TPSA) is 15.3 Å². The molecule has 0 aromatic heterocycles. The lowest BCUT2D eigenvalue weighted by atomic mass is 10.1. The minimum absolute atomic E-state index is 0.641. The van der Waals surface area contributed by atoms with Crippen molar-refractivity contribution in [3.63, 3.8) is 0 Å². The van der Waals surface area contributed by atoms with Gasteiger partial charge in [0.2, 0.25) is 0 Å². The van der Waals surface area contributed by atoms with Crippen LogP contribution < -0.4 is 10.2 Å². The molecule has 1 saturated heterocycles. The van der Waals surface area contributed by atoms with E-state index in [-0.39, 0.29) is 0 Å². The average Bonchev–Trinajstić information content (AvgIpc) is 2.27. The Morgan fingerprint density at radius 1 is 1.18 bits per heavy atom. The number of rotatable bonds is 1. The molecule has 0 radical (unpaired) electrons. The van der Waals surface area contributed by atoms with Gasteiger partial charge in [0.1, 0.15) is 0 Å². The van der Waals surface area contributed by atoms with Crippen molar-refractivity contribution in [1.29, 1.82) is 0 Å². The van der Waals surface area contributed by atoms with Crippen molar-refractivity contribution < 1.29 is 0 Å². The van der Waals surface area contributed by atoms with Crippen LogP contribution >= 0.6 is 0 Å². The van der Waals surface area contributed by atoms with Gasteiger partial charge in [0, 0.05) is 24.8 Å². The number of anilines is 1. The smallest absolute Gasteiger partial charge is 0.0425 e. The molecule has 1 aromatic rings. The number of para-hydroxylation sites is 1. The maximum atomic E-state index is 3.56. The van der Waals surface area contributed by atoms with Crippen LogP contribution in [0.5, 0.6) is 0 Å². The number of benzene rings is 1. The molecule has 1 aliphatic heterocycles. The zero-order chi connectivity index (χ0) is 12.3. The lowest BCUT2D eigenvalue weighted by molar-refractivity contribution is 0.474. The van der Waals surface area contributed by atoms with Gasteiger partial charge in [-0.3, -0.25) is 0 Å². The lowest BCUT2D eigenvalue weighted by Gasteiger charge is -2.31.